The van der Waals surface area contributed by atoms with Crippen LogP contribution >= 0.6 is 0 Å². The van der Waals surface area contributed by atoms with Gasteiger partial charge >= 0.3 is 0 Å². The zero-order valence-corrected chi connectivity index (χ0v) is 11.5. The van der Waals surface area contributed by atoms with Gasteiger partial charge in [0.25, 0.3) is 0 Å². The summed E-state index contributed by atoms with van der Waals surface area (Å²) in [4.78, 5) is 9.07. The third kappa shape index (κ3) is 2.40. The minimum Gasteiger partial charge on any atom is -0.490 e. The van der Waals surface area contributed by atoms with Crippen LogP contribution in [0.4, 0.5) is 5.82 Å². The molecule has 1 aromatic heterocycles. The summed E-state index contributed by atoms with van der Waals surface area (Å²) >= 11 is 0. The van der Waals surface area contributed by atoms with Gasteiger partial charge < -0.3 is 10.5 Å². The number of hydrogen-bond donors (Lipinski definition) is 1. The molecule has 0 unspecified atom stereocenters. The average Bonchev–Trinajstić information content (AvgIpc) is 3.31. The quantitative estimate of drug-likeness (QED) is 0.796. The number of benzene rings is 2. The van der Waals surface area contributed by atoms with Crippen molar-refractivity contribution >= 4 is 16.9 Å². The van der Waals surface area contributed by atoms with Gasteiger partial charge in [0.2, 0.25) is 0 Å². The van der Waals surface area contributed by atoms with E-state index in [1.54, 1.807) is 0 Å². The third-order valence-corrected chi connectivity index (χ3v) is 3.53. The standard InChI is InChI=1S/C17H15N3O/c18-17-16(19-14-6-1-2-7-15(14)20-17)11-4-3-5-13(10-11)21-12-8-9-12/h1-7,10,12H,8-9H2,(H2,18,20). The highest BCUT2D eigenvalue weighted by atomic mass is 16.5. The van der Waals surface area contributed by atoms with E-state index in [0.29, 0.717) is 17.6 Å². The van der Waals surface area contributed by atoms with Crippen LogP contribution in [0.15, 0.2) is 48.5 Å². The lowest BCUT2D eigenvalue weighted by atomic mass is 10.1. The van der Waals surface area contributed by atoms with Gasteiger partial charge in [-0.05, 0) is 37.1 Å². The Morgan fingerprint density at radius 1 is 0.952 bits per heavy atom. The van der Waals surface area contributed by atoms with Crippen LogP contribution in [0.1, 0.15) is 12.8 Å². The number of fused-ring (bicyclic) bond motifs is 1. The molecule has 1 aliphatic carbocycles. The van der Waals surface area contributed by atoms with Crippen molar-refractivity contribution in [3.05, 3.63) is 48.5 Å². The molecule has 0 bridgehead atoms. The summed E-state index contributed by atoms with van der Waals surface area (Å²) in [6.07, 6.45) is 2.66. The number of ether oxygens (including phenoxy) is 1. The first-order chi connectivity index (χ1) is 10.3. The van der Waals surface area contributed by atoms with Crippen LogP contribution in [0, 0.1) is 0 Å². The first-order valence-electron chi connectivity index (χ1n) is 7.09. The van der Waals surface area contributed by atoms with E-state index >= 15 is 0 Å². The molecule has 1 saturated carbocycles. The van der Waals surface area contributed by atoms with Crippen molar-refractivity contribution in [2.75, 3.05) is 5.73 Å². The number of anilines is 1. The van der Waals surface area contributed by atoms with Gasteiger partial charge in [-0.1, -0.05) is 24.3 Å². The molecule has 1 aliphatic rings. The SMILES string of the molecule is Nc1nc2ccccc2nc1-c1cccc(OC2CC2)c1. The highest BCUT2D eigenvalue weighted by Gasteiger charge is 2.23. The van der Waals surface area contributed by atoms with Crippen molar-refractivity contribution in [3.8, 4) is 17.0 Å². The molecule has 0 saturated heterocycles. The third-order valence-electron chi connectivity index (χ3n) is 3.53. The van der Waals surface area contributed by atoms with E-state index in [2.05, 4.69) is 9.97 Å². The summed E-state index contributed by atoms with van der Waals surface area (Å²) in [6, 6.07) is 15.6. The number of nitrogen functional groups attached to an aromatic ring is 1. The molecule has 3 aromatic rings. The van der Waals surface area contributed by atoms with Gasteiger partial charge in [-0.2, -0.15) is 0 Å². The number of para-hydroxylation sites is 2. The monoisotopic (exact) mass is 277 g/mol. The number of nitrogens with two attached hydrogens (primary N) is 1. The normalized spacial score (nSPS) is 14.3. The Balaban J connectivity index is 1.79. The average molecular weight is 277 g/mol. The number of nitrogens with zero attached hydrogens (tertiary/aromatic N) is 2. The molecular formula is C17H15N3O. The first kappa shape index (κ1) is 12.1. The van der Waals surface area contributed by atoms with Crippen LogP contribution < -0.4 is 10.5 Å². The summed E-state index contributed by atoms with van der Waals surface area (Å²) in [5, 5.41) is 0. The molecule has 1 heterocycles. The van der Waals surface area contributed by atoms with Crippen LogP contribution in [0.25, 0.3) is 22.3 Å². The van der Waals surface area contributed by atoms with E-state index in [0.717, 1.165) is 35.2 Å². The summed E-state index contributed by atoms with van der Waals surface area (Å²) in [7, 11) is 0. The predicted octanol–water partition coefficient (Wildman–Crippen LogP) is 3.42. The second kappa shape index (κ2) is 4.74. The second-order valence-electron chi connectivity index (χ2n) is 5.29. The molecule has 0 atom stereocenters. The van der Waals surface area contributed by atoms with E-state index < -0.39 is 0 Å². The molecule has 1 fully saturated rings. The van der Waals surface area contributed by atoms with Gasteiger partial charge in [-0.15, -0.1) is 0 Å². The fourth-order valence-corrected chi connectivity index (χ4v) is 2.32. The molecule has 4 rings (SSSR count). The van der Waals surface area contributed by atoms with Gasteiger partial charge in [0.05, 0.1) is 17.1 Å². The second-order valence-corrected chi connectivity index (χ2v) is 5.29. The van der Waals surface area contributed by atoms with Crippen LogP contribution in [-0.2, 0) is 0 Å². The van der Waals surface area contributed by atoms with Gasteiger partial charge in [0.15, 0.2) is 5.82 Å². The maximum Gasteiger partial charge on any atom is 0.150 e. The first-order valence-corrected chi connectivity index (χ1v) is 7.09. The Morgan fingerprint density at radius 3 is 2.48 bits per heavy atom. The smallest absolute Gasteiger partial charge is 0.150 e. The Labute approximate surface area is 122 Å². The summed E-state index contributed by atoms with van der Waals surface area (Å²) in [5.41, 5.74) is 9.36. The fourth-order valence-electron chi connectivity index (χ4n) is 2.32. The molecule has 0 aliphatic heterocycles. The van der Waals surface area contributed by atoms with Crippen LogP contribution in [0.2, 0.25) is 0 Å². The lowest BCUT2D eigenvalue weighted by Crippen LogP contribution is -1.99. The largest absolute Gasteiger partial charge is 0.490 e. The highest BCUT2D eigenvalue weighted by molar-refractivity contribution is 5.82. The van der Waals surface area contributed by atoms with Crippen molar-refractivity contribution in [2.24, 2.45) is 0 Å². The minimum absolute atomic E-state index is 0.375. The Kier molecular flexibility index (Phi) is 2.74. The maximum atomic E-state index is 6.07. The zero-order valence-electron chi connectivity index (χ0n) is 11.5. The van der Waals surface area contributed by atoms with Gasteiger partial charge in [-0.25, -0.2) is 9.97 Å². The maximum absolute atomic E-state index is 6.07. The van der Waals surface area contributed by atoms with E-state index in [-0.39, 0.29) is 0 Å². The molecule has 0 amide bonds. The Morgan fingerprint density at radius 2 is 1.71 bits per heavy atom. The van der Waals surface area contributed by atoms with Gasteiger partial charge in [0, 0.05) is 5.56 Å². The molecule has 0 radical (unpaired) electrons. The van der Waals surface area contributed by atoms with Gasteiger partial charge in [0.1, 0.15) is 11.4 Å². The number of rotatable bonds is 3. The zero-order chi connectivity index (χ0) is 14.2. The highest BCUT2D eigenvalue weighted by Crippen LogP contribution is 2.31. The molecule has 104 valence electrons. The number of hydrogen-bond acceptors (Lipinski definition) is 4. The van der Waals surface area contributed by atoms with E-state index in [1.807, 2.05) is 48.5 Å². The van der Waals surface area contributed by atoms with Crippen LogP contribution in [0.5, 0.6) is 5.75 Å². The summed E-state index contributed by atoms with van der Waals surface area (Å²) in [6.45, 7) is 0. The topological polar surface area (TPSA) is 61.0 Å². The lowest BCUT2D eigenvalue weighted by molar-refractivity contribution is 0.303. The lowest BCUT2D eigenvalue weighted by Gasteiger charge is -2.09. The van der Waals surface area contributed by atoms with Gasteiger partial charge in [-0.3, -0.25) is 0 Å². The number of aromatic nitrogens is 2. The summed E-state index contributed by atoms with van der Waals surface area (Å²) in [5.74, 6) is 1.31. The predicted molar refractivity (Wildman–Crippen MR) is 83.0 cm³/mol. The molecular weight excluding hydrogens is 262 g/mol. The van der Waals surface area contributed by atoms with Crippen molar-refractivity contribution in [1.82, 2.24) is 9.97 Å². The van der Waals surface area contributed by atoms with Crippen LogP contribution in [0.3, 0.4) is 0 Å². The van der Waals surface area contributed by atoms with Crippen molar-refractivity contribution in [2.45, 2.75) is 18.9 Å². The van der Waals surface area contributed by atoms with E-state index in [9.17, 15) is 0 Å². The van der Waals surface area contributed by atoms with Crippen molar-refractivity contribution < 1.29 is 4.74 Å². The molecule has 2 aromatic carbocycles. The fraction of sp³-hybridized carbons (Fsp3) is 0.176. The Bertz CT molecular complexity index is 812. The van der Waals surface area contributed by atoms with E-state index in [1.165, 1.54) is 0 Å². The minimum atomic E-state index is 0.375. The van der Waals surface area contributed by atoms with Crippen LogP contribution in [-0.4, -0.2) is 16.1 Å². The molecule has 21 heavy (non-hydrogen) atoms. The van der Waals surface area contributed by atoms with E-state index in [4.69, 9.17) is 10.5 Å². The molecule has 4 heteroatoms. The summed E-state index contributed by atoms with van der Waals surface area (Å²) < 4.78 is 5.83. The molecule has 0 spiro atoms. The van der Waals surface area contributed by atoms with Crippen molar-refractivity contribution in [1.29, 1.82) is 0 Å². The Hall–Kier alpha value is -2.62. The molecule has 2 N–H and O–H groups in total. The van der Waals surface area contributed by atoms with Crippen molar-refractivity contribution in [3.63, 3.8) is 0 Å². The molecule has 4 nitrogen and oxygen atoms in total.